The van der Waals surface area contributed by atoms with Crippen LogP contribution in [-0.2, 0) is 7.05 Å². The molecule has 0 aliphatic carbocycles. The Balaban J connectivity index is 1.88. The quantitative estimate of drug-likeness (QED) is 0.626. The highest BCUT2D eigenvalue weighted by Crippen LogP contribution is 2.25. The van der Waals surface area contributed by atoms with Crippen LogP contribution in [0.2, 0.25) is 0 Å². The van der Waals surface area contributed by atoms with Crippen molar-refractivity contribution in [3.8, 4) is 11.4 Å². The molecule has 4 aromatic rings. The molecule has 1 N–H and O–H groups in total. The molecule has 2 aromatic carbocycles. The van der Waals surface area contributed by atoms with Crippen LogP contribution in [0.3, 0.4) is 0 Å². The largest absolute Gasteiger partial charge is 0.338 e. The number of aryl methyl sites for hydroxylation is 1. The number of fused-ring (bicyclic) bond motifs is 1. The maximum Gasteiger partial charge on any atom is 0.165 e. The van der Waals surface area contributed by atoms with Crippen LogP contribution in [0.4, 0.5) is 11.5 Å². The second-order valence-corrected chi connectivity index (χ2v) is 5.28. The number of anilines is 2. The molecular formula is C18H15N5. The summed E-state index contributed by atoms with van der Waals surface area (Å²) in [5.74, 6) is 1.39. The van der Waals surface area contributed by atoms with Gasteiger partial charge in [-0.3, -0.25) is 0 Å². The van der Waals surface area contributed by atoms with E-state index in [2.05, 4.69) is 20.3 Å². The Kier molecular flexibility index (Phi) is 3.24. The van der Waals surface area contributed by atoms with E-state index in [0.29, 0.717) is 11.6 Å². The van der Waals surface area contributed by atoms with Crippen LogP contribution in [0.5, 0.6) is 0 Å². The van der Waals surface area contributed by atoms with E-state index in [-0.39, 0.29) is 0 Å². The van der Waals surface area contributed by atoms with Crippen LogP contribution in [-0.4, -0.2) is 19.5 Å². The summed E-state index contributed by atoms with van der Waals surface area (Å²) in [6.45, 7) is 0. The van der Waals surface area contributed by atoms with E-state index in [1.54, 1.807) is 6.33 Å². The highest BCUT2D eigenvalue weighted by molar-refractivity contribution is 5.87. The van der Waals surface area contributed by atoms with Crippen LogP contribution in [0.1, 0.15) is 0 Å². The van der Waals surface area contributed by atoms with Gasteiger partial charge in [-0.15, -0.1) is 0 Å². The van der Waals surface area contributed by atoms with E-state index < -0.39 is 0 Å². The van der Waals surface area contributed by atoms with Crippen molar-refractivity contribution in [3.63, 3.8) is 0 Å². The average molecular weight is 301 g/mol. The second kappa shape index (κ2) is 5.53. The number of nitrogens with zero attached hydrogens (tertiary/aromatic N) is 4. The maximum absolute atomic E-state index is 4.68. The molecule has 2 heterocycles. The van der Waals surface area contributed by atoms with Crippen molar-refractivity contribution in [3.05, 3.63) is 67.0 Å². The monoisotopic (exact) mass is 301 g/mol. The standard InChI is InChI=1S/C18H15N5/c1-23-12-19-15-17(20-14-10-6-3-7-11-14)21-16(22-18(15)23)13-8-4-2-5-9-13/h2-12H,1H3,(H,20,21,22). The zero-order chi connectivity index (χ0) is 15.6. The molecule has 0 bridgehead atoms. The fraction of sp³-hybridized carbons (Fsp3) is 0.0556. The number of benzene rings is 2. The fourth-order valence-corrected chi connectivity index (χ4v) is 2.47. The first kappa shape index (κ1) is 13.5. The lowest BCUT2D eigenvalue weighted by atomic mass is 10.2. The molecule has 0 unspecified atom stereocenters. The minimum Gasteiger partial charge on any atom is -0.338 e. The van der Waals surface area contributed by atoms with Gasteiger partial charge in [0.25, 0.3) is 0 Å². The molecule has 0 saturated heterocycles. The van der Waals surface area contributed by atoms with Crippen molar-refractivity contribution < 1.29 is 0 Å². The summed E-state index contributed by atoms with van der Waals surface area (Å²) >= 11 is 0. The Bertz CT molecular complexity index is 945. The number of imidazole rings is 1. The molecule has 0 aliphatic heterocycles. The number of para-hydroxylation sites is 1. The van der Waals surface area contributed by atoms with Gasteiger partial charge in [0.05, 0.1) is 6.33 Å². The minimum absolute atomic E-state index is 0.681. The van der Waals surface area contributed by atoms with Gasteiger partial charge in [0.15, 0.2) is 22.8 Å². The van der Waals surface area contributed by atoms with Gasteiger partial charge >= 0.3 is 0 Å². The Morgan fingerprint density at radius 1 is 0.870 bits per heavy atom. The Morgan fingerprint density at radius 3 is 2.30 bits per heavy atom. The summed E-state index contributed by atoms with van der Waals surface area (Å²) in [4.78, 5) is 13.8. The second-order valence-electron chi connectivity index (χ2n) is 5.28. The maximum atomic E-state index is 4.68. The van der Waals surface area contributed by atoms with Crippen molar-refractivity contribution in [2.45, 2.75) is 0 Å². The average Bonchev–Trinajstić information content (AvgIpc) is 2.98. The highest BCUT2D eigenvalue weighted by atomic mass is 15.1. The molecule has 4 rings (SSSR count). The summed E-state index contributed by atoms with van der Waals surface area (Å²) in [6.07, 6.45) is 1.75. The van der Waals surface area contributed by atoms with Crippen LogP contribution in [0.15, 0.2) is 67.0 Å². The topological polar surface area (TPSA) is 55.6 Å². The molecule has 0 atom stereocenters. The normalized spacial score (nSPS) is 10.8. The van der Waals surface area contributed by atoms with Crippen LogP contribution in [0.25, 0.3) is 22.6 Å². The first-order chi connectivity index (χ1) is 11.3. The van der Waals surface area contributed by atoms with E-state index in [1.165, 1.54) is 0 Å². The molecule has 0 spiro atoms. The third-order valence-corrected chi connectivity index (χ3v) is 3.63. The van der Waals surface area contributed by atoms with Crippen molar-refractivity contribution in [1.29, 1.82) is 0 Å². The summed E-state index contributed by atoms with van der Waals surface area (Å²) in [5, 5.41) is 3.34. The van der Waals surface area contributed by atoms with Gasteiger partial charge in [-0.1, -0.05) is 48.5 Å². The predicted octanol–water partition coefficient (Wildman–Crippen LogP) is 3.77. The van der Waals surface area contributed by atoms with Crippen LogP contribution in [0, 0.1) is 0 Å². The third kappa shape index (κ3) is 2.53. The van der Waals surface area contributed by atoms with Gasteiger partial charge in [0.2, 0.25) is 0 Å². The lowest BCUT2D eigenvalue weighted by Gasteiger charge is -2.09. The highest BCUT2D eigenvalue weighted by Gasteiger charge is 2.13. The molecule has 23 heavy (non-hydrogen) atoms. The van der Waals surface area contributed by atoms with Gasteiger partial charge in [-0.2, -0.15) is 0 Å². The first-order valence-corrected chi connectivity index (χ1v) is 7.38. The SMILES string of the molecule is Cn1cnc2c(Nc3ccccc3)nc(-c3ccccc3)nc21. The molecule has 0 saturated carbocycles. The third-order valence-electron chi connectivity index (χ3n) is 3.63. The van der Waals surface area contributed by atoms with E-state index in [0.717, 1.165) is 22.4 Å². The zero-order valence-corrected chi connectivity index (χ0v) is 12.6. The van der Waals surface area contributed by atoms with Crippen molar-refractivity contribution in [1.82, 2.24) is 19.5 Å². The van der Waals surface area contributed by atoms with E-state index in [4.69, 9.17) is 0 Å². The molecule has 0 fully saturated rings. The van der Waals surface area contributed by atoms with Gasteiger partial charge in [-0.25, -0.2) is 15.0 Å². The molecule has 2 aromatic heterocycles. The van der Waals surface area contributed by atoms with Gasteiger partial charge < -0.3 is 9.88 Å². The van der Waals surface area contributed by atoms with Crippen molar-refractivity contribution >= 4 is 22.7 Å². The van der Waals surface area contributed by atoms with E-state index in [1.807, 2.05) is 72.3 Å². The number of hydrogen-bond acceptors (Lipinski definition) is 4. The Hall–Kier alpha value is -3.21. The number of aromatic nitrogens is 4. The summed E-state index contributed by atoms with van der Waals surface area (Å²) in [5.41, 5.74) is 3.51. The zero-order valence-electron chi connectivity index (χ0n) is 12.6. The molecule has 5 nitrogen and oxygen atoms in total. The lowest BCUT2D eigenvalue weighted by Crippen LogP contribution is -2.00. The number of nitrogens with one attached hydrogen (secondary N) is 1. The van der Waals surface area contributed by atoms with E-state index >= 15 is 0 Å². The van der Waals surface area contributed by atoms with Gasteiger partial charge in [0.1, 0.15) is 0 Å². The van der Waals surface area contributed by atoms with Gasteiger partial charge in [0, 0.05) is 18.3 Å². The minimum atomic E-state index is 0.681. The molecule has 5 heteroatoms. The molecule has 0 radical (unpaired) electrons. The summed E-state index contributed by atoms with van der Waals surface area (Å²) in [7, 11) is 1.93. The summed E-state index contributed by atoms with van der Waals surface area (Å²) < 4.78 is 1.90. The Labute approximate surface area is 133 Å². The molecule has 0 aliphatic rings. The fourth-order valence-electron chi connectivity index (χ4n) is 2.47. The smallest absolute Gasteiger partial charge is 0.165 e. The van der Waals surface area contributed by atoms with Crippen molar-refractivity contribution in [2.75, 3.05) is 5.32 Å². The predicted molar refractivity (Wildman–Crippen MR) is 91.5 cm³/mol. The number of rotatable bonds is 3. The van der Waals surface area contributed by atoms with E-state index in [9.17, 15) is 0 Å². The molecule has 112 valence electrons. The molecular weight excluding hydrogens is 286 g/mol. The molecule has 0 amide bonds. The first-order valence-electron chi connectivity index (χ1n) is 7.38. The van der Waals surface area contributed by atoms with Crippen molar-refractivity contribution in [2.24, 2.45) is 7.05 Å². The van der Waals surface area contributed by atoms with Gasteiger partial charge in [-0.05, 0) is 12.1 Å². The number of hydrogen-bond donors (Lipinski definition) is 1. The summed E-state index contributed by atoms with van der Waals surface area (Å²) in [6, 6.07) is 19.9. The Morgan fingerprint density at radius 2 is 1.57 bits per heavy atom. The van der Waals surface area contributed by atoms with Crippen LogP contribution >= 0.6 is 0 Å². The lowest BCUT2D eigenvalue weighted by molar-refractivity contribution is 0.929. The van der Waals surface area contributed by atoms with Crippen LogP contribution < -0.4 is 5.32 Å².